The first-order valence-electron chi connectivity index (χ1n) is 11.0. The number of nitrogens with one attached hydrogen (secondary N) is 2. The number of aliphatic hydroxyl groups is 1. The quantitative estimate of drug-likeness (QED) is 0.420. The highest BCUT2D eigenvalue weighted by Gasteiger charge is 2.32. The Balaban J connectivity index is 1.51. The van der Waals surface area contributed by atoms with Gasteiger partial charge in [0.25, 0.3) is 0 Å². The van der Waals surface area contributed by atoms with Crippen molar-refractivity contribution in [1.82, 2.24) is 0 Å². The first kappa shape index (κ1) is 20.5. The zero-order valence-corrected chi connectivity index (χ0v) is 17.9. The Labute approximate surface area is 180 Å². The van der Waals surface area contributed by atoms with Gasteiger partial charge in [-0.3, -0.25) is 0 Å². The second-order valence-electron chi connectivity index (χ2n) is 8.63. The first-order chi connectivity index (χ1) is 14.6. The largest absolute Gasteiger partial charge is 0.394 e. The fourth-order valence-corrected chi connectivity index (χ4v) is 3.97. The van der Waals surface area contributed by atoms with Crippen LogP contribution in [0.2, 0.25) is 0 Å². The Hall–Kier alpha value is -2.78. The van der Waals surface area contributed by atoms with E-state index < -0.39 is 0 Å². The van der Waals surface area contributed by atoms with Crippen molar-refractivity contribution < 1.29 is 5.11 Å². The van der Waals surface area contributed by atoms with Gasteiger partial charge in [0.15, 0.2) is 0 Å². The maximum atomic E-state index is 10.00. The number of para-hydroxylation sites is 2. The van der Waals surface area contributed by atoms with Crippen LogP contribution < -0.4 is 10.6 Å². The summed E-state index contributed by atoms with van der Waals surface area (Å²) in [6.45, 7) is 4.32. The third kappa shape index (κ3) is 5.22. The minimum absolute atomic E-state index is 0.0330. The van der Waals surface area contributed by atoms with E-state index in [1.807, 2.05) is 6.07 Å². The molecule has 0 heterocycles. The van der Waals surface area contributed by atoms with Crippen molar-refractivity contribution in [3.8, 4) is 0 Å². The highest BCUT2D eigenvalue weighted by atomic mass is 16.3. The third-order valence-electron chi connectivity index (χ3n) is 5.95. The summed E-state index contributed by atoms with van der Waals surface area (Å²) in [5, 5.41) is 17.4. The summed E-state index contributed by atoms with van der Waals surface area (Å²) in [6.07, 6.45) is 3.33. The monoisotopic (exact) mass is 400 g/mol. The van der Waals surface area contributed by atoms with E-state index in [-0.39, 0.29) is 12.6 Å². The number of hydrogen-bond acceptors (Lipinski definition) is 3. The third-order valence-corrected chi connectivity index (χ3v) is 5.95. The summed E-state index contributed by atoms with van der Waals surface area (Å²) in [6, 6.07) is 26.0. The van der Waals surface area contributed by atoms with Crippen molar-refractivity contribution in [1.29, 1.82) is 0 Å². The lowest BCUT2D eigenvalue weighted by Gasteiger charge is -2.25. The molecule has 1 aliphatic carbocycles. The van der Waals surface area contributed by atoms with E-state index >= 15 is 0 Å². The van der Waals surface area contributed by atoms with E-state index in [0.717, 1.165) is 17.8 Å². The molecule has 0 aromatic heterocycles. The lowest BCUT2D eigenvalue weighted by molar-refractivity contribution is 0.274. The van der Waals surface area contributed by atoms with Crippen LogP contribution in [-0.2, 0) is 6.42 Å². The van der Waals surface area contributed by atoms with Crippen LogP contribution in [0.4, 0.5) is 11.4 Å². The first-order valence-corrected chi connectivity index (χ1v) is 11.0. The van der Waals surface area contributed by atoms with Gasteiger partial charge < -0.3 is 15.7 Å². The Bertz CT molecular complexity index is 945. The van der Waals surface area contributed by atoms with Crippen molar-refractivity contribution in [2.75, 3.05) is 17.2 Å². The van der Waals surface area contributed by atoms with Gasteiger partial charge in [0.1, 0.15) is 0 Å². The molecule has 30 heavy (non-hydrogen) atoms. The fraction of sp³-hybridized carbons (Fsp3) is 0.333. The van der Waals surface area contributed by atoms with Crippen LogP contribution in [0.5, 0.6) is 0 Å². The van der Waals surface area contributed by atoms with E-state index in [4.69, 9.17) is 0 Å². The summed E-state index contributed by atoms with van der Waals surface area (Å²) in [5.41, 5.74) is 7.25. The number of aryl methyl sites for hydroxylation is 2. The van der Waals surface area contributed by atoms with E-state index in [1.165, 1.54) is 35.1 Å². The number of hydrogen-bond donors (Lipinski definition) is 3. The highest BCUT2D eigenvalue weighted by Crippen LogP contribution is 2.43. The number of aliphatic hydroxyl groups excluding tert-OH is 1. The van der Waals surface area contributed by atoms with Crippen molar-refractivity contribution in [2.24, 2.45) is 5.92 Å². The van der Waals surface area contributed by atoms with Crippen LogP contribution in [0.15, 0.2) is 72.8 Å². The van der Waals surface area contributed by atoms with Gasteiger partial charge in [-0.15, -0.1) is 0 Å². The van der Waals surface area contributed by atoms with Gasteiger partial charge in [0, 0.05) is 0 Å². The predicted octanol–water partition coefficient (Wildman–Crippen LogP) is 5.88. The summed E-state index contributed by atoms with van der Waals surface area (Å²) >= 11 is 0. The van der Waals surface area contributed by atoms with Crippen molar-refractivity contribution in [2.45, 2.75) is 45.2 Å². The number of anilines is 2. The Morgan fingerprint density at radius 2 is 1.37 bits per heavy atom. The molecule has 0 saturated heterocycles. The fourth-order valence-electron chi connectivity index (χ4n) is 3.97. The van der Waals surface area contributed by atoms with Crippen LogP contribution in [0.3, 0.4) is 0 Å². The molecule has 3 heteroatoms. The summed E-state index contributed by atoms with van der Waals surface area (Å²) in [7, 11) is 0. The Morgan fingerprint density at radius 1 is 0.800 bits per heavy atom. The molecule has 0 bridgehead atoms. The maximum Gasteiger partial charge on any atom is 0.0636 e. The SMILES string of the molecule is Cc1ccc(C[C@@H](CO)Nc2ccccc2NC(c2ccc(C)cc2)C2CC2)cc1. The van der Waals surface area contributed by atoms with E-state index in [1.54, 1.807) is 0 Å². The minimum atomic E-state index is -0.0330. The van der Waals surface area contributed by atoms with E-state index in [9.17, 15) is 5.11 Å². The van der Waals surface area contributed by atoms with Gasteiger partial charge in [-0.1, -0.05) is 71.8 Å². The number of benzene rings is 3. The average molecular weight is 401 g/mol. The standard InChI is InChI=1S/C27H32N2O/c1-19-7-11-21(12-8-19)17-24(18-30)28-25-5-3-4-6-26(25)29-27(23-15-16-23)22-13-9-20(2)10-14-22/h3-14,23-24,27-30H,15-18H2,1-2H3/t24-,27?/m0/s1. The lowest BCUT2D eigenvalue weighted by Crippen LogP contribution is -2.27. The average Bonchev–Trinajstić information content (AvgIpc) is 3.60. The summed E-state index contributed by atoms with van der Waals surface area (Å²) < 4.78 is 0. The lowest BCUT2D eigenvalue weighted by atomic mass is 10.0. The molecule has 1 aliphatic rings. The minimum Gasteiger partial charge on any atom is -0.394 e. The normalized spacial score (nSPS) is 15.4. The van der Waals surface area contributed by atoms with Crippen molar-refractivity contribution >= 4 is 11.4 Å². The van der Waals surface area contributed by atoms with Crippen LogP contribution in [0.25, 0.3) is 0 Å². The van der Waals surface area contributed by atoms with Gasteiger partial charge in [-0.25, -0.2) is 0 Å². The number of rotatable bonds is 9. The molecule has 156 valence electrons. The molecular formula is C27H32N2O. The van der Waals surface area contributed by atoms with Crippen LogP contribution >= 0.6 is 0 Å². The molecule has 1 saturated carbocycles. The van der Waals surface area contributed by atoms with Crippen LogP contribution in [0.1, 0.15) is 41.1 Å². The van der Waals surface area contributed by atoms with Crippen molar-refractivity contribution in [3.63, 3.8) is 0 Å². The second-order valence-corrected chi connectivity index (χ2v) is 8.63. The van der Waals surface area contributed by atoms with Gasteiger partial charge in [0.2, 0.25) is 0 Å². The molecule has 3 aromatic carbocycles. The van der Waals surface area contributed by atoms with Crippen LogP contribution in [0, 0.1) is 19.8 Å². The molecule has 0 radical (unpaired) electrons. The van der Waals surface area contributed by atoms with Crippen molar-refractivity contribution in [3.05, 3.63) is 95.1 Å². The molecule has 0 aliphatic heterocycles. The predicted molar refractivity (Wildman–Crippen MR) is 126 cm³/mol. The van der Waals surface area contributed by atoms with E-state index in [2.05, 4.69) is 91.2 Å². The molecule has 3 aromatic rings. The topological polar surface area (TPSA) is 44.3 Å². The van der Waals surface area contributed by atoms with Gasteiger partial charge in [-0.2, -0.15) is 0 Å². The van der Waals surface area contributed by atoms with Gasteiger partial charge in [0.05, 0.1) is 30.1 Å². The molecule has 3 nitrogen and oxygen atoms in total. The second kappa shape index (κ2) is 9.36. The molecule has 3 N–H and O–H groups in total. The van der Waals surface area contributed by atoms with E-state index in [0.29, 0.717) is 12.0 Å². The maximum absolute atomic E-state index is 10.00. The molecule has 0 amide bonds. The molecule has 1 fully saturated rings. The highest BCUT2D eigenvalue weighted by molar-refractivity contribution is 5.69. The Morgan fingerprint density at radius 3 is 1.93 bits per heavy atom. The summed E-state index contributed by atoms with van der Waals surface area (Å²) in [4.78, 5) is 0. The van der Waals surface area contributed by atoms with Gasteiger partial charge >= 0.3 is 0 Å². The molecule has 2 atom stereocenters. The molecule has 4 rings (SSSR count). The van der Waals surface area contributed by atoms with Crippen LogP contribution in [-0.4, -0.2) is 17.8 Å². The van der Waals surface area contributed by atoms with Gasteiger partial charge in [-0.05, 0) is 62.3 Å². The zero-order valence-electron chi connectivity index (χ0n) is 17.9. The molecular weight excluding hydrogens is 368 g/mol. The Kier molecular flexibility index (Phi) is 6.39. The molecule has 1 unspecified atom stereocenters. The zero-order chi connectivity index (χ0) is 20.9. The molecule has 0 spiro atoms. The summed E-state index contributed by atoms with van der Waals surface area (Å²) in [5.74, 6) is 0.682. The smallest absolute Gasteiger partial charge is 0.0636 e.